The highest BCUT2D eigenvalue weighted by Gasteiger charge is 2.36. The van der Waals surface area contributed by atoms with Gasteiger partial charge in [-0.2, -0.15) is 0 Å². The van der Waals surface area contributed by atoms with E-state index in [0.717, 1.165) is 5.56 Å². The first-order valence-corrected chi connectivity index (χ1v) is 10.9. The van der Waals surface area contributed by atoms with E-state index < -0.39 is 23.9 Å². The molecule has 2 aromatic carbocycles. The Morgan fingerprint density at radius 2 is 1.91 bits per heavy atom. The molecule has 0 aromatic heterocycles. The summed E-state index contributed by atoms with van der Waals surface area (Å²) in [6.45, 7) is 2.21. The van der Waals surface area contributed by atoms with Crippen LogP contribution in [0.3, 0.4) is 0 Å². The zero-order chi connectivity index (χ0) is 24.0. The van der Waals surface area contributed by atoms with Gasteiger partial charge in [0.2, 0.25) is 5.91 Å². The van der Waals surface area contributed by atoms with Crippen LogP contribution in [0.2, 0.25) is 5.02 Å². The van der Waals surface area contributed by atoms with Gasteiger partial charge in [-0.1, -0.05) is 23.7 Å². The van der Waals surface area contributed by atoms with Crippen LogP contribution in [0, 0.1) is 5.92 Å². The third kappa shape index (κ3) is 6.38. The lowest BCUT2D eigenvalue weighted by Crippen LogP contribution is -2.33. The smallest absolute Gasteiger partial charge is 0.312 e. The zero-order valence-electron chi connectivity index (χ0n) is 18.8. The maximum atomic E-state index is 12.6. The standard InChI is InChI=1S/C24H27ClN2O6/c1-15(23(29)26-19-6-4-5-18(25)13-19)33-24(30)17-12-22(28)27(14-17)10-9-16-7-8-20(31-2)21(11-16)32-3/h4-8,11,13,15,17H,9-10,12,14H2,1-3H3,(H,26,29)/t15-,17-/m1/s1. The fourth-order valence-electron chi connectivity index (χ4n) is 3.58. The molecule has 2 amide bonds. The lowest BCUT2D eigenvalue weighted by atomic mass is 10.1. The van der Waals surface area contributed by atoms with Crippen LogP contribution in [0.5, 0.6) is 11.5 Å². The molecule has 1 heterocycles. The zero-order valence-corrected chi connectivity index (χ0v) is 19.6. The molecule has 3 rings (SSSR count). The van der Waals surface area contributed by atoms with E-state index in [1.807, 2.05) is 18.2 Å². The molecule has 0 bridgehead atoms. The topological polar surface area (TPSA) is 94.2 Å². The number of carbonyl (C=O) groups is 3. The van der Waals surface area contributed by atoms with Gasteiger partial charge in [-0.25, -0.2) is 0 Å². The van der Waals surface area contributed by atoms with E-state index in [1.165, 1.54) is 6.92 Å². The summed E-state index contributed by atoms with van der Waals surface area (Å²) in [6, 6.07) is 12.3. The lowest BCUT2D eigenvalue weighted by molar-refractivity contribution is -0.157. The van der Waals surface area contributed by atoms with E-state index in [9.17, 15) is 14.4 Å². The third-order valence-corrected chi connectivity index (χ3v) is 5.66. The van der Waals surface area contributed by atoms with E-state index in [4.69, 9.17) is 25.8 Å². The minimum Gasteiger partial charge on any atom is -0.493 e. The summed E-state index contributed by atoms with van der Waals surface area (Å²) in [5.74, 6) is -0.507. The van der Waals surface area contributed by atoms with Gasteiger partial charge in [-0.05, 0) is 49.2 Å². The maximum absolute atomic E-state index is 12.6. The molecule has 2 aromatic rings. The van der Waals surface area contributed by atoms with Crippen molar-refractivity contribution < 1.29 is 28.6 Å². The van der Waals surface area contributed by atoms with Crippen molar-refractivity contribution in [3.05, 3.63) is 53.1 Å². The molecular formula is C24H27ClN2O6. The Balaban J connectivity index is 1.50. The van der Waals surface area contributed by atoms with E-state index in [0.29, 0.717) is 35.2 Å². The van der Waals surface area contributed by atoms with E-state index >= 15 is 0 Å². The summed E-state index contributed by atoms with van der Waals surface area (Å²) in [5, 5.41) is 3.14. The Kier molecular flexibility index (Phi) is 8.16. The second kappa shape index (κ2) is 11.0. The summed E-state index contributed by atoms with van der Waals surface area (Å²) in [7, 11) is 3.14. The Labute approximate surface area is 197 Å². The number of nitrogens with one attached hydrogen (secondary N) is 1. The van der Waals surface area contributed by atoms with Crippen molar-refractivity contribution in [3.8, 4) is 11.5 Å². The van der Waals surface area contributed by atoms with Crippen molar-refractivity contribution in [2.45, 2.75) is 25.9 Å². The highest BCUT2D eigenvalue weighted by molar-refractivity contribution is 6.30. The number of carbonyl (C=O) groups excluding carboxylic acids is 3. The minimum atomic E-state index is -1.01. The monoisotopic (exact) mass is 474 g/mol. The molecule has 8 nitrogen and oxygen atoms in total. The molecule has 0 aliphatic carbocycles. The van der Waals surface area contributed by atoms with Crippen molar-refractivity contribution in [3.63, 3.8) is 0 Å². The first kappa shape index (κ1) is 24.4. The van der Waals surface area contributed by atoms with Crippen LogP contribution in [0.15, 0.2) is 42.5 Å². The average molecular weight is 475 g/mol. The molecular weight excluding hydrogens is 448 g/mol. The van der Waals surface area contributed by atoms with Gasteiger partial charge in [0.25, 0.3) is 5.91 Å². The molecule has 1 saturated heterocycles. The molecule has 1 N–H and O–H groups in total. The quantitative estimate of drug-likeness (QED) is 0.560. The number of anilines is 1. The summed E-state index contributed by atoms with van der Waals surface area (Å²) in [5.41, 5.74) is 1.49. The van der Waals surface area contributed by atoms with E-state index in [2.05, 4.69) is 5.32 Å². The Morgan fingerprint density at radius 3 is 2.61 bits per heavy atom. The summed E-state index contributed by atoms with van der Waals surface area (Å²) in [6.07, 6.45) is -0.341. The fraction of sp³-hybridized carbons (Fsp3) is 0.375. The number of ether oxygens (including phenoxy) is 3. The van der Waals surface area contributed by atoms with Gasteiger partial charge in [-0.3, -0.25) is 14.4 Å². The first-order chi connectivity index (χ1) is 15.8. The van der Waals surface area contributed by atoms with Crippen LogP contribution in [0.1, 0.15) is 18.9 Å². The highest BCUT2D eigenvalue weighted by atomic mass is 35.5. The normalized spacial score (nSPS) is 16.3. The van der Waals surface area contributed by atoms with Gasteiger partial charge in [-0.15, -0.1) is 0 Å². The van der Waals surface area contributed by atoms with Gasteiger partial charge in [0.1, 0.15) is 0 Å². The van der Waals surface area contributed by atoms with Crippen LogP contribution in [0.4, 0.5) is 5.69 Å². The summed E-state index contributed by atoms with van der Waals surface area (Å²) in [4.78, 5) is 38.9. The molecule has 33 heavy (non-hydrogen) atoms. The molecule has 1 fully saturated rings. The molecule has 0 saturated carbocycles. The van der Waals surface area contributed by atoms with Crippen LogP contribution in [-0.4, -0.2) is 56.1 Å². The summed E-state index contributed by atoms with van der Waals surface area (Å²) >= 11 is 5.91. The molecule has 1 aliphatic heterocycles. The molecule has 9 heteroatoms. The predicted octanol–water partition coefficient (Wildman–Crippen LogP) is 3.32. The second-order valence-electron chi connectivity index (χ2n) is 7.76. The molecule has 0 spiro atoms. The highest BCUT2D eigenvalue weighted by Crippen LogP contribution is 2.28. The Hall–Kier alpha value is -3.26. The SMILES string of the molecule is COc1ccc(CCN2C[C@H](C(=O)O[C@H](C)C(=O)Nc3cccc(Cl)c3)CC2=O)cc1OC. The van der Waals surface area contributed by atoms with Crippen molar-refractivity contribution in [1.82, 2.24) is 4.90 Å². The van der Waals surface area contributed by atoms with Crippen LogP contribution in [-0.2, 0) is 25.5 Å². The number of hydrogen-bond acceptors (Lipinski definition) is 6. The van der Waals surface area contributed by atoms with Gasteiger partial charge in [0.05, 0.1) is 20.1 Å². The molecule has 176 valence electrons. The van der Waals surface area contributed by atoms with Crippen molar-refractivity contribution >= 4 is 35.1 Å². The van der Waals surface area contributed by atoms with Gasteiger partial charge < -0.3 is 24.4 Å². The predicted molar refractivity (Wildman–Crippen MR) is 124 cm³/mol. The number of methoxy groups -OCH3 is 2. The molecule has 1 aliphatic rings. The third-order valence-electron chi connectivity index (χ3n) is 5.42. The molecule has 2 atom stereocenters. The summed E-state index contributed by atoms with van der Waals surface area (Å²) < 4.78 is 15.9. The second-order valence-corrected chi connectivity index (χ2v) is 8.20. The van der Waals surface area contributed by atoms with Crippen LogP contribution >= 0.6 is 11.6 Å². The number of esters is 1. The maximum Gasteiger partial charge on any atom is 0.312 e. The van der Waals surface area contributed by atoms with Crippen molar-refractivity contribution in [1.29, 1.82) is 0 Å². The minimum absolute atomic E-state index is 0.0629. The Bertz CT molecular complexity index is 1030. The van der Waals surface area contributed by atoms with Crippen LogP contribution < -0.4 is 14.8 Å². The number of hydrogen-bond donors (Lipinski definition) is 1. The number of rotatable bonds is 9. The van der Waals surface area contributed by atoms with Gasteiger partial charge in [0, 0.05) is 30.2 Å². The first-order valence-electron chi connectivity index (χ1n) is 10.6. The van der Waals surface area contributed by atoms with E-state index in [-0.39, 0.29) is 18.9 Å². The Morgan fingerprint density at radius 1 is 1.15 bits per heavy atom. The van der Waals surface area contributed by atoms with Crippen molar-refractivity contribution in [2.75, 3.05) is 32.6 Å². The number of likely N-dealkylation sites (tertiary alicyclic amines) is 1. The average Bonchev–Trinajstić information content (AvgIpc) is 3.18. The van der Waals surface area contributed by atoms with Gasteiger partial charge in [0.15, 0.2) is 17.6 Å². The number of nitrogens with zero attached hydrogens (tertiary/aromatic N) is 1. The molecule has 0 radical (unpaired) electrons. The van der Waals surface area contributed by atoms with E-state index in [1.54, 1.807) is 43.4 Å². The van der Waals surface area contributed by atoms with Crippen molar-refractivity contribution in [2.24, 2.45) is 5.92 Å². The number of benzene rings is 2. The number of halogens is 1. The number of amides is 2. The van der Waals surface area contributed by atoms with Gasteiger partial charge >= 0.3 is 5.97 Å². The molecule has 0 unspecified atom stereocenters. The fourth-order valence-corrected chi connectivity index (χ4v) is 3.77. The largest absolute Gasteiger partial charge is 0.493 e. The van der Waals surface area contributed by atoms with Crippen LogP contribution in [0.25, 0.3) is 0 Å². The lowest BCUT2D eigenvalue weighted by Gasteiger charge is -2.18.